The summed E-state index contributed by atoms with van der Waals surface area (Å²) in [7, 11) is -3.79. The van der Waals surface area contributed by atoms with Gasteiger partial charge in [0.1, 0.15) is 12.6 Å². The molecule has 2 rings (SSSR count). The monoisotopic (exact) mass is 541 g/mol. The van der Waals surface area contributed by atoms with E-state index in [1.807, 2.05) is 27.7 Å². The first-order valence-corrected chi connectivity index (χ1v) is 13.8. The summed E-state index contributed by atoms with van der Waals surface area (Å²) in [6, 6.07) is 10.9. The highest BCUT2D eigenvalue weighted by Gasteiger charge is 2.33. The zero-order valence-electron chi connectivity index (χ0n) is 20.9. The lowest BCUT2D eigenvalue weighted by Crippen LogP contribution is -2.55. The number of nitrogens with one attached hydrogen (secondary N) is 1. The van der Waals surface area contributed by atoms with Crippen molar-refractivity contribution in [1.82, 2.24) is 10.2 Å². The maximum Gasteiger partial charge on any atom is 0.244 e. The molecule has 0 aromatic heterocycles. The zero-order chi connectivity index (χ0) is 26.6. The second kappa shape index (κ2) is 11.6. The molecule has 0 spiro atoms. The van der Waals surface area contributed by atoms with Gasteiger partial charge in [-0.2, -0.15) is 0 Å². The molecular formula is C25H33Cl2N3O4S. The lowest BCUT2D eigenvalue weighted by molar-refractivity contribution is -0.141. The smallest absolute Gasteiger partial charge is 0.244 e. The van der Waals surface area contributed by atoms with Crippen molar-refractivity contribution < 1.29 is 18.0 Å². The Morgan fingerprint density at radius 3 is 2.14 bits per heavy atom. The first-order chi connectivity index (χ1) is 16.1. The molecule has 0 aliphatic carbocycles. The van der Waals surface area contributed by atoms with Crippen molar-refractivity contribution in [3.05, 3.63) is 63.6 Å². The second-order valence-electron chi connectivity index (χ2n) is 9.53. The molecule has 0 fully saturated rings. The summed E-state index contributed by atoms with van der Waals surface area (Å²) in [6.07, 6.45) is 1.37. The second-order valence-corrected chi connectivity index (χ2v) is 12.3. The van der Waals surface area contributed by atoms with Crippen LogP contribution < -0.4 is 9.62 Å². The Bertz CT molecular complexity index is 1160. The van der Waals surface area contributed by atoms with E-state index in [0.29, 0.717) is 27.7 Å². The Labute approximate surface area is 218 Å². The normalized spacial score (nSPS) is 12.7. The van der Waals surface area contributed by atoms with Crippen LogP contribution in [0, 0.1) is 6.92 Å². The van der Waals surface area contributed by atoms with Crippen LogP contribution in [-0.2, 0) is 26.2 Å². The van der Waals surface area contributed by atoms with E-state index in [-0.39, 0.29) is 12.5 Å². The summed E-state index contributed by atoms with van der Waals surface area (Å²) in [4.78, 5) is 28.2. The molecule has 192 valence electrons. The number of rotatable bonds is 9. The van der Waals surface area contributed by atoms with E-state index in [1.54, 1.807) is 49.4 Å². The van der Waals surface area contributed by atoms with Gasteiger partial charge in [-0.05, 0) is 63.9 Å². The first-order valence-electron chi connectivity index (χ1n) is 11.2. The molecule has 0 aliphatic rings. The van der Waals surface area contributed by atoms with Crippen LogP contribution in [0.1, 0.15) is 45.2 Å². The fraction of sp³-hybridized carbons (Fsp3) is 0.440. The molecule has 1 unspecified atom stereocenters. The number of hydrogen-bond donors (Lipinski definition) is 1. The molecule has 0 bridgehead atoms. The van der Waals surface area contributed by atoms with E-state index in [4.69, 9.17) is 23.2 Å². The maximum atomic E-state index is 13.7. The molecular weight excluding hydrogens is 509 g/mol. The molecule has 0 aliphatic heterocycles. The summed E-state index contributed by atoms with van der Waals surface area (Å²) < 4.78 is 26.3. The summed E-state index contributed by atoms with van der Waals surface area (Å²) in [5, 5.41) is 3.71. The Balaban J connectivity index is 2.48. The SMILES string of the molecule is CCC(C(=O)NC(C)(C)C)N(Cc1ccc(Cl)cc1Cl)C(=O)CN(c1ccc(C)cc1)S(C)(=O)=O. The van der Waals surface area contributed by atoms with Crippen LogP contribution in [0.15, 0.2) is 42.5 Å². The van der Waals surface area contributed by atoms with E-state index >= 15 is 0 Å². The molecule has 7 nitrogen and oxygen atoms in total. The molecule has 2 aromatic rings. The minimum Gasteiger partial charge on any atom is -0.350 e. The van der Waals surface area contributed by atoms with Gasteiger partial charge in [-0.25, -0.2) is 8.42 Å². The van der Waals surface area contributed by atoms with Gasteiger partial charge in [0, 0.05) is 22.1 Å². The van der Waals surface area contributed by atoms with E-state index in [0.717, 1.165) is 16.1 Å². The van der Waals surface area contributed by atoms with Crippen molar-refractivity contribution in [3.63, 3.8) is 0 Å². The molecule has 1 atom stereocenters. The number of nitrogens with zero attached hydrogens (tertiary/aromatic N) is 2. The summed E-state index contributed by atoms with van der Waals surface area (Å²) in [5.74, 6) is -0.863. The number of benzene rings is 2. The predicted octanol–water partition coefficient (Wildman–Crippen LogP) is 4.79. The van der Waals surface area contributed by atoms with Crippen LogP contribution in [0.2, 0.25) is 10.0 Å². The number of amides is 2. The molecule has 0 heterocycles. The fourth-order valence-corrected chi connectivity index (χ4v) is 4.85. The third-order valence-corrected chi connectivity index (χ3v) is 6.97. The van der Waals surface area contributed by atoms with Gasteiger partial charge < -0.3 is 10.2 Å². The minimum absolute atomic E-state index is 0.0103. The van der Waals surface area contributed by atoms with Gasteiger partial charge in [0.15, 0.2) is 0 Å². The average Bonchev–Trinajstić information content (AvgIpc) is 2.72. The Kier molecular flexibility index (Phi) is 9.62. The van der Waals surface area contributed by atoms with Crippen molar-refractivity contribution in [1.29, 1.82) is 0 Å². The van der Waals surface area contributed by atoms with Crippen LogP contribution in [-0.4, -0.2) is 49.5 Å². The lowest BCUT2D eigenvalue weighted by atomic mass is 10.1. The molecule has 10 heteroatoms. The quantitative estimate of drug-likeness (QED) is 0.494. The molecule has 2 amide bonds. The molecule has 2 aromatic carbocycles. The van der Waals surface area contributed by atoms with Crippen LogP contribution >= 0.6 is 23.2 Å². The topological polar surface area (TPSA) is 86.8 Å². The van der Waals surface area contributed by atoms with Gasteiger partial charge >= 0.3 is 0 Å². The lowest BCUT2D eigenvalue weighted by Gasteiger charge is -2.34. The van der Waals surface area contributed by atoms with Gasteiger partial charge in [-0.3, -0.25) is 13.9 Å². The molecule has 0 saturated heterocycles. The Morgan fingerprint density at radius 1 is 1.06 bits per heavy atom. The molecule has 35 heavy (non-hydrogen) atoms. The summed E-state index contributed by atoms with van der Waals surface area (Å²) >= 11 is 12.4. The molecule has 0 radical (unpaired) electrons. The van der Waals surface area contributed by atoms with Gasteiger partial charge in [-0.1, -0.05) is 53.9 Å². The average molecular weight is 543 g/mol. The van der Waals surface area contributed by atoms with Crippen LogP contribution in [0.5, 0.6) is 0 Å². The number of aryl methyl sites for hydroxylation is 1. The number of sulfonamides is 1. The van der Waals surface area contributed by atoms with E-state index in [1.165, 1.54) is 4.90 Å². The van der Waals surface area contributed by atoms with Crippen molar-refractivity contribution in [2.24, 2.45) is 0 Å². The summed E-state index contributed by atoms with van der Waals surface area (Å²) in [5.41, 5.74) is 1.39. The third kappa shape index (κ3) is 8.40. The van der Waals surface area contributed by atoms with Crippen LogP contribution in [0.4, 0.5) is 5.69 Å². The number of carbonyl (C=O) groups excluding carboxylic acids is 2. The Hall–Kier alpha value is -2.29. The minimum atomic E-state index is -3.79. The van der Waals surface area contributed by atoms with Gasteiger partial charge in [-0.15, -0.1) is 0 Å². The highest BCUT2D eigenvalue weighted by Crippen LogP contribution is 2.25. The van der Waals surface area contributed by atoms with Crippen LogP contribution in [0.25, 0.3) is 0 Å². The standard InChI is InChI=1S/C25H33Cl2N3O4S/c1-7-22(24(32)28-25(3,4)5)29(15-18-10-11-19(26)14-21(18)27)23(31)16-30(35(6,33)34)20-12-8-17(2)9-13-20/h8-14,22H,7,15-16H2,1-6H3,(H,28,32). The Morgan fingerprint density at radius 2 is 1.66 bits per heavy atom. The number of carbonyl (C=O) groups is 2. The highest BCUT2D eigenvalue weighted by atomic mass is 35.5. The van der Waals surface area contributed by atoms with E-state index in [2.05, 4.69) is 5.32 Å². The van der Waals surface area contributed by atoms with Crippen molar-refractivity contribution in [2.45, 2.75) is 59.2 Å². The summed E-state index contributed by atoms with van der Waals surface area (Å²) in [6.45, 7) is 8.78. The number of hydrogen-bond acceptors (Lipinski definition) is 4. The fourth-order valence-electron chi connectivity index (χ4n) is 3.53. The van der Waals surface area contributed by atoms with Crippen molar-refractivity contribution >= 4 is 50.7 Å². The van der Waals surface area contributed by atoms with Gasteiger partial charge in [0.25, 0.3) is 0 Å². The third-order valence-electron chi connectivity index (χ3n) is 5.24. The first kappa shape index (κ1) is 28.9. The van der Waals surface area contributed by atoms with E-state index < -0.39 is 34.1 Å². The predicted molar refractivity (Wildman–Crippen MR) is 142 cm³/mol. The highest BCUT2D eigenvalue weighted by molar-refractivity contribution is 7.92. The molecule has 0 saturated carbocycles. The van der Waals surface area contributed by atoms with Crippen molar-refractivity contribution in [2.75, 3.05) is 17.1 Å². The number of anilines is 1. The van der Waals surface area contributed by atoms with Gasteiger partial charge in [0.2, 0.25) is 21.8 Å². The van der Waals surface area contributed by atoms with Crippen LogP contribution in [0.3, 0.4) is 0 Å². The largest absolute Gasteiger partial charge is 0.350 e. The zero-order valence-corrected chi connectivity index (χ0v) is 23.3. The van der Waals surface area contributed by atoms with E-state index in [9.17, 15) is 18.0 Å². The van der Waals surface area contributed by atoms with Gasteiger partial charge in [0.05, 0.1) is 11.9 Å². The number of halogens is 2. The molecule has 1 N–H and O–H groups in total. The van der Waals surface area contributed by atoms with Crippen molar-refractivity contribution in [3.8, 4) is 0 Å². The maximum absolute atomic E-state index is 13.7.